The third-order valence-electron chi connectivity index (χ3n) is 4.57. The first kappa shape index (κ1) is 15.9. The lowest BCUT2D eigenvalue weighted by atomic mass is 10.3. The quantitative estimate of drug-likeness (QED) is 0.740. The van der Waals surface area contributed by atoms with Crippen LogP contribution in [-0.4, -0.2) is 47.4 Å². The molecule has 1 aliphatic carbocycles. The minimum absolute atomic E-state index is 0.214. The minimum Gasteiger partial charge on any atom is -0.370 e. The highest BCUT2D eigenvalue weighted by Gasteiger charge is 2.28. The van der Waals surface area contributed by atoms with Crippen molar-refractivity contribution >= 4 is 17.4 Å². The van der Waals surface area contributed by atoms with Crippen molar-refractivity contribution in [1.82, 2.24) is 20.7 Å². The van der Waals surface area contributed by atoms with E-state index in [4.69, 9.17) is 4.52 Å². The largest absolute Gasteiger partial charge is 0.370 e. The summed E-state index contributed by atoms with van der Waals surface area (Å²) in [5.41, 5.74) is 1.44. The molecule has 2 fully saturated rings. The molecule has 1 saturated heterocycles. The van der Waals surface area contributed by atoms with Crippen LogP contribution in [0.25, 0.3) is 0 Å². The number of aromatic nitrogens is 3. The molecule has 3 heterocycles. The average Bonchev–Trinajstić information content (AvgIpc) is 3.14. The van der Waals surface area contributed by atoms with Gasteiger partial charge in [-0.25, -0.2) is 0 Å². The van der Waals surface area contributed by atoms with Gasteiger partial charge in [0.05, 0.1) is 11.9 Å². The molecule has 0 atom stereocenters. The predicted octanol–water partition coefficient (Wildman–Crippen LogP) is 1.78. The maximum atomic E-state index is 12.0. The molecule has 1 saturated carbocycles. The van der Waals surface area contributed by atoms with E-state index in [1.165, 1.54) is 12.8 Å². The van der Waals surface area contributed by atoms with Crippen molar-refractivity contribution in [2.75, 3.05) is 36.4 Å². The second-order valence-corrected chi connectivity index (χ2v) is 6.56. The molecule has 0 radical (unpaired) electrons. The van der Waals surface area contributed by atoms with Gasteiger partial charge in [0.1, 0.15) is 5.76 Å². The zero-order chi connectivity index (χ0) is 17.1. The van der Waals surface area contributed by atoms with E-state index in [0.29, 0.717) is 24.7 Å². The molecule has 2 aliphatic rings. The Kier molecular flexibility index (Phi) is 4.49. The zero-order valence-electron chi connectivity index (χ0n) is 14.1. The second-order valence-electron chi connectivity index (χ2n) is 6.56. The summed E-state index contributed by atoms with van der Waals surface area (Å²) in [7, 11) is 0. The number of hydrogen-bond acceptors (Lipinski definition) is 7. The van der Waals surface area contributed by atoms with Crippen LogP contribution in [0.3, 0.4) is 0 Å². The molecular formula is C17H22N6O2. The van der Waals surface area contributed by atoms with Crippen LogP contribution in [0.15, 0.2) is 22.9 Å². The molecule has 1 aliphatic heterocycles. The van der Waals surface area contributed by atoms with E-state index in [-0.39, 0.29) is 5.91 Å². The van der Waals surface area contributed by atoms with Crippen LogP contribution in [0.5, 0.6) is 0 Å². The molecule has 25 heavy (non-hydrogen) atoms. The zero-order valence-corrected chi connectivity index (χ0v) is 14.1. The molecule has 1 amide bonds. The van der Waals surface area contributed by atoms with Gasteiger partial charge in [0.25, 0.3) is 5.91 Å². The van der Waals surface area contributed by atoms with Gasteiger partial charge in [-0.15, -0.1) is 5.10 Å². The summed E-state index contributed by atoms with van der Waals surface area (Å²) < 4.78 is 5.20. The first-order chi connectivity index (χ1) is 12.3. The van der Waals surface area contributed by atoms with Crippen molar-refractivity contribution in [3.05, 3.63) is 29.8 Å². The summed E-state index contributed by atoms with van der Waals surface area (Å²) in [6.07, 6.45) is 6.49. The normalized spacial score (nSPS) is 16.9. The van der Waals surface area contributed by atoms with Crippen molar-refractivity contribution in [2.24, 2.45) is 0 Å². The lowest BCUT2D eigenvalue weighted by Gasteiger charge is -2.17. The highest BCUT2D eigenvalue weighted by atomic mass is 16.5. The molecule has 8 nitrogen and oxygen atoms in total. The van der Waals surface area contributed by atoms with Gasteiger partial charge in [-0.05, 0) is 25.7 Å². The van der Waals surface area contributed by atoms with Crippen LogP contribution in [0.4, 0.5) is 11.5 Å². The summed E-state index contributed by atoms with van der Waals surface area (Å²) in [6, 6.07) is 3.74. The van der Waals surface area contributed by atoms with E-state index >= 15 is 0 Å². The van der Waals surface area contributed by atoms with Gasteiger partial charge in [-0.3, -0.25) is 4.79 Å². The number of rotatable bonds is 7. The van der Waals surface area contributed by atoms with Crippen molar-refractivity contribution in [2.45, 2.75) is 31.6 Å². The number of carbonyl (C=O) groups is 1. The maximum Gasteiger partial charge on any atom is 0.273 e. The lowest BCUT2D eigenvalue weighted by molar-refractivity contribution is 0.0946. The second kappa shape index (κ2) is 7.08. The first-order valence-corrected chi connectivity index (χ1v) is 8.86. The Morgan fingerprint density at radius 3 is 2.88 bits per heavy atom. The molecule has 8 heteroatoms. The molecule has 2 N–H and O–H groups in total. The van der Waals surface area contributed by atoms with Crippen molar-refractivity contribution in [1.29, 1.82) is 0 Å². The number of carbonyl (C=O) groups excluding carboxylic acids is 1. The fraction of sp³-hybridized carbons (Fsp3) is 0.529. The van der Waals surface area contributed by atoms with Gasteiger partial charge >= 0.3 is 0 Å². The standard InChI is InChI=1S/C17H22N6O2/c24-17(14-10-15(25-22-14)12-3-4-12)19-6-5-18-16-9-13(11-20-21-16)23-7-1-2-8-23/h9-12H,1-8H2,(H,18,21)(H,19,24). The van der Waals surface area contributed by atoms with E-state index in [1.54, 1.807) is 12.3 Å². The fourth-order valence-electron chi connectivity index (χ4n) is 3.00. The third-order valence-corrected chi connectivity index (χ3v) is 4.57. The van der Waals surface area contributed by atoms with E-state index < -0.39 is 0 Å². The SMILES string of the molecule is O=C(NCCNc1cc(N2CCCC2)cnn1)c1cc(C2CC2)on1. The van der Waals surface area contributed by atoms with E-state index in [0.717, 1.165) is 43.2 Å². The van der Waals surface area contributed by atoms with Crippen molar-refractivity contribution < 1.29 is 9.32 Å². The Labute approximate surface area is 146 Å². The predicted molar refractivity (Wildman–Crippen MR) is 92.8 cm³/mol. The number of anilines is 2. The van der Waals surface area contributed by atoms with Gasteiger partial charge in [-0.2, -0.15) is 5.10 Å². The summed E-state index contributed by atoms with van der Waals surface area (Å²) in [5.74, 6) is 1.78. The van der Waals surface area contributed by atoms with Crippen LogP contribution >= 0.6 is 0 Å². The van der Waals surface area contributed by atoms with Gasteiger partial charge in [-0.1, -0.05) is 5.16 Å². The van der Waals surface area contributed by atoms with Crippen LogP contribution < -0.4 is 15.5 Å². The van der Waals surface area contributed by atoms with Crippen molar-refractivity contribution in [3.63, 3.8) is 0 Å². The fourth-order valence-corrected chi connectivity index (χ4v) is 3.00. The summed E-state index contributed by atoms with van der Waals surface area (Å²) >= 11 is 0. The molecular weight excluding hydrogens is 320 g/mol. The molecule has 0 unspecified atom stereocenters. The summed E-state index contributed by atoms with van der Waals surface area (Å²) in [5, 5.41) is 18.0. The summed E-state index contributed by atoms with van der Waals surface area (Å²) in [6.45, 7) is 3.18. The highest BCUT2D eigenvalue weighted by molar-refractivity contribution is 5.92. The number of hydrogen-bond donors (Lipinski definition) is 2. The van der Waals surface area contributed by atoms with E-state index in [9.17, 15) is 4.79 Å². The van der Waals surface area contributed by atoms with Crippen LogP contribution in [0, 0.1) is 0 Å². The number of amides is 1. The minimum atomic E-state index is -0.214. The maximum absolute atomic E-state index is 12.0. The highest BCUT2D eigenvalue weighted by Crippen LogP contribution is 2.40. The van der Waals surface area contributed by atoms with E-state index in [2.05, 4.69) is 30.9 Å². The molecule has 4 rings (SSSR count). The molecule has 132 valence electrons. The molecule has 0 aromatic carbocycles. The summed E-state index contributed by atoms with van der Waals surface area (Å²) in [4.78, 5) is 14.4. The van der Waals surface area contributed by atoms with Crippen LogP contribution in [0.2, 0.25) is 0 Å². The van der Waals surface area contributed by atoms with Crippen LogP contribution in [0.1, 0.15) is 47.8 Å². The topological polar surface area (TPSA) is 96.2 Å². The van der Waals surface area contributed by atoms with E-state index in [1.807, 2.05) is 6.07 Å². The molecule has 0 spiro atoms. The number of nitrogens with one attached hydrogen (secondary N) is 2. The molecule has 2 aromatic heterocycles. The van der Waals surface area contributed by atoms with Gasteiger partial charge in [0, 0.05) is 44.2 Å². The Hall–Kier alpha value is -2.64. The van der Waals surface area contributed by atoms with Crippen molar-refractivity contribution in [3.8, 4) is 0 Å². The average molecular weight is 342 g/mol. The first-order valence-electron chi connectivity index (χ1n) is 8.86. The third kappa shape index (κ3) is 3.89. The smallest absolute Gasteiger partial charge is 0.273 e. The Morgan fingerprint density at radius 1 is 1.24 bits per heavy atom. The number of nitrogens with zero attached hydrogens (tertiary/aromatic N) is 4. The van der Waals surface area contributed by atoms with Crippen LogP contribution in [-0.2, 0) is 0 Å². The van der Waals surface area contributed by atoms with Gasteiger partial charge in [0.2, 0.25) is 0 Å². The van der Waals surface area contributed by atoms with Gasteiger partial charge < -0.3 is 20.1 Å². The monoisotopic (exact) mass is 342 g/mol. The Bertz CT molecular complexity index is 736. The Balaban J connectivity index is 1.23. The molecule has 0 bridgehead atoms. The Morgan fingerprint density at radius 2 is 2.08 bits per heavy atom. The molecule has 2 aromatic rings. The lowest BCUT2D eigenvalue weighted by Crippen LogP contribution is -2.29. The van der Waals surface area contributed by atoms with Gasteiger partial charge in [0.15, 0.2) is 11.5 Å².